The first kappa shape index (κ1) is 26.9. The van der Waals surface area contributed by atoms with Crippen LogP contribution in [-0.2, 0) is 19.3 Å². The highest BCUT2D eigenvalue weighted by Gasteiger charge is 2.14. The Labute approximate surface area is 225 Å². The third-order valence-corrected chi connectivity index (χ3v) is 8.70. The Kier molecular flexibility index (Phi) is 7.79. The molecule has 0 aliphatic rings. The van der Waals surface area contributed by atoms with Gasteiger partial charge in [-0.1, -0.05) is 48.5 Å². The molecule has 4 rings (SSSR count). The second kappa shape index (κ2) is 10.7. The highest BCUT2D eigenvalue weighted by molar-refractivity contribution is 5.49. The van der Waals surface area contributed by atoms with Crippen molar-refractivity contribution in [2.75, 3.05) is 0 Å². The van der Waals surface area contributed by atoms with E-state index >= 15 is 0 Å². The standard InChI is InChI=1S/C37H44/c1-22-11-28(7)33(14-25(22)4)17-32-18-36(20-34-15-26(5)23(2)12-29(34)8)31(10)37(19-32)21-35-16-27(6)24(3)13-30(35)9/h11-16,18-19H,17,20-21H2,1-10H3. The van der Waals surface area contributed by atoms with Crippen molar-refractivity contribution in [2.45, 2.75) is 88.5 Å². The molecule has 4 aromatic carbocycles. The van der Waals surface area contributed by atoms with Gasteiger partial charge in [0.25, 0.3) is 0 Å². The number of hydrogen-bond donors (Lipinski definition) is 0. The molecule has 0 N–H and O–H groups in total. The van der Waals surface area contributed by atoms with Crippen molar-refractivity contribution in [2.24, 2.45) is 0 Å². The second-order valence-electron chi connectivity index (χ2n) is 11.7. The average molecular weight is 489 g/mol. The van der Waals surface area contributed by atoms with E-state index in [0.717, 1.165) is 19.3 Å². The molecule has 0 heterocycles. The molecule has 0 aromatic heterocycles. The summed E-state index contributed by atoms with van der Waals surface area (Å²) in [7, 11) is 0. The van der Waals surface area contributed by atoms with Crippen molar-refractivity contribution < 1.29 is 0 Å². The molecule has 4 aromatic rings. The Morgan fingerprint density at radius 3 is 0.946 bits per heavy atom. The van der Waals surface area contributed by atoms with Gasteiger partial charge in [0.05, 0.1) is 0 Å². The summed E-state index contributed by atoms with van der Waals surface area (Å²) in [5, 5.41) is 0. The summed E-state index contributed by atoms with van der Waals surface area (Å²) >= 11 is 0. The largest absolute Gasteiger partial charge is 0.0558 e. The fourth-order valence-corrected chi connectivity index (χ4v) is 5.64. The van der Waals surface area contributed by atoms with Gasteiger partial charge in [-0.05, 0) is 178 Å². The summed E-state index contributed by atoms with van der Waals surface area (Å²) in [6, 6.07) is 19.2. The molecule has 0 spiro atoms. The van der Waals surface area contributed by atoms with Gasteiger partial charge < -0.3 is 0 Å². The SMILES string of the molecule is Cc1cc(C)c(Cc2cc(Cc3cc(C)c(C)cc3C)c(C)c(Cc3cc(C)c(C)cc3C)c2)cc1C. The van der Waals surface area contributed by atoms with Gasteiger partial charge in [0.15, 0.2) is 0 Å². The molecule has 37 heavy (non-hydrogen) atoms. The molecule has 0 saturated carbocycles. The Hall–Kier alpha value is -3.12. The highest BCUT2D eigenvalue weighted by atomic mass is 14.2. The molecule has 0 radical (unpaired) electrons. The van der Waals surface area contributed by atoms with E-state index in [1.165, 1.54) is 89.0 Å². The van der Waals surface area contributed by atoms with Gasteiger partial charge in [-0.15, -0.1) is 0 Å². The average Bonchev–Trinajstić information content (AvgIpc) is 2.82. The van der Waals surface area contributed by atoms with Crippen LogP contribution in [0.3, 0.4) is 0 Å². The van der Waals surface area contributed by atoms with E-state index in [1.54, 1.807) is 0 Å². The molecule has 0 amide bonds. The molecular weight excluding hydrogens is 444 g/mol. The van der Waals surface area contributed by atoms with Crippen molar-refractivity contribution in [3.63, 3.8) is 0 Å². The predicted molar refractivity (Wildman–Crippen MR) is 162 cm³/mol. The van der Waals surface area contributed by atoms with Crippen LogP contribution in [0.1, 0.15) is 89.0 Å². The molecule has 0 nitrogen and oxygen atoms in total. The lowest BCUT2D eigenvalue weighted by atomic mass is 9.86. The summed E-state index contributed by atoms with van der Waals surface area (Å²) in [5.74, 6) is 0. The molecule has 0 unspecified atom stereocenters. The van der Waals surface area contributed by atoms with Crippen LogP contribution in [0.15, 0.2) is 48.5 Å². The molecule has 0 fully saturated rings. The molecule has 0 saturated heterocycles. The maximum absolute atomic E-state index is 2.48. The van der Waals surface area contributed by atoms with Crippen LogP contribution >= 0.6 is 0 Å². The van der Waals surface area contributed by atoms with Crippen molar-refractivity contribution in [1.82, 2.24) is 0 Å². The minimum atomic E-state index is 0.977. The third kappa shape index (κ3) is 5.90. The van der Waals surface area contributed by atoms with Crippen molar-refractivity contribution in [1.29, 1.82) is 0 Å². The van der Waals surface area contributed by atoms with E-state index in [2.05, 4.69) is 118 Å². The number of aryl methyl sites for hydroxylation is 9. The van der Waals surface area contributed by atoms with Gasteiger partial charge in [-0.3, -0.25) is 0 Å². The lowest BCUT2D eigenvalue weighted by Gasteiger charge is -2.19. The smallest absolute Gasteiger partial charge is 0.00202 e. The highest BCUT2D eigenvalue weighted by Crippen LogP contribution is 2.29. The van der Waals surface area contributed by atoms with Crippen LogP contribution in [0.4, 0.5) is 0 Å². The first-order valence-electron chi connectivity index (χ1n) is 13.7. The predicted octanol–water partition coefficient (Wildman–Crippen LogP) is 9.54. The van der Waals surface area contributed by atoms with Gasteiger partial charge in [-0.2, -0.15) is 0 Å². The van der Waals surface area contributed by atoms with Gasteiger partial charge in [0.2, 0.25) is 0 Å². The van der Waals surface area contributed by atoms with Crippen molar-refractivity contribution >= 4 is 0 Å². The van der Waals surface area contributed by atoms with Crippen molar-refractivity contribution in [3.05, 3.63) is 138 Å². The molecule has 0 bridgehead atoms. The Bertz CT molecular complexity index is 1400. The Morgan fingerprint density at radius 2 is 0.595 bits per heavy atom. The number of hydrogen-bond acceptors (Lipinski definition) is 0. The Balaban J connectivity index is 1.81. The van der Waals surface area contributed by atoms with Crippen molar-refractivity contribution in [3.8, 4) is 0 Å². The van der Waals surface area contributed by atoms with Gasteiger partial charge in [0, 0.05) is 0 Å². The quantitative estimate of drug-likeness (QED) is 0.253. The first-order chi connectivity index (χ1) is 17.4. The Morgan fingerprint density at radius 1 is 0.297 bits per heavy atom. The van der Waals surface area contributed by atoms with Crippen LogP contribution in [0.25, 0.3) is 0 Å². The van der Waals surface area contributed by atoms with Gasteiger partial charge in [0.1, 0.15) is 0 Å². The minimum Gasteiger partial charge on any atom is -0.0558 e. The number of benzene rings is 4. The van der Waals surface area contributed by atoms with Crippen LogP contribution in [-0.4, -0.2) is 0 Å². The molecule has 0 heteroatoms. The normalized spacial score (nSPS) is 11.3. The van der Waals surface area contributed by atoms with E-state index in [4.69, 9.17) is 0 Å². The van der Waals surface area contributed by atoms with E-state index < -0.39 is 0 Å². The van der Waals surface area contributed by atoms with E-state index in [0.29, 0.717) is 0 Å². The number of rotatable bonds is 6. The van der Waals surface area contributed by atoms with Crippen LogP contribution in [0, 0.1) is 69.2 Å². The summed E-state index contributed by atoms with van der Waals surface area (Å²) in [5.41, 5.74) is 22.6. The first-order valence-corrected chi connectivity index (χ1v) is 13.7. The second-order valence-corrected chi connectivity index (χ2v) is 11.7. The topological polar surface area (TPSA) is 0 Å². The molecule has 0 aliphatic heterocycles. The lowest BCUT2D eigenvalue weighted by Crippen LogP contribution is -2.05. The fraction of sp³-hybridized carbons (Fsp3) is 0.351. The summed E-state index contributed by atoms with van der Waals surface area (Å²) in [6.45, 7) is 22.5. The fourth-order valence-electron chi connectivity index (χ4n) is 5.64. The minimum absolute atomic E-state index is 0.977. The zero-order chi connectivity index (χ0) is 27.0. The van der Waals surface area contributed by atoms with E-state index in [9.17, 15) is 0 Å². The zero-order valence-corrected chi connectivity index (χ0v) is 24.7. The molecule has 0 aliphatic carbocycles. The summed E-state index contributed by atoms with van der Waals surface area (Å²) in [4.78, 5) is 0. The van der Waals surface area contributed by atoms with E-state index in [-0.39, 0.29) is 0 Å². The summed E-state index contributed by atoms with van der Waals surface area (Å²) in [6.07, 6.45) is 2.94. The molecule has 192 valence electrons. The lowest BCUT2D eigenvalue weighted by molar-refractivity contribution is 1.03. The molecular formula is C37H44. The van der Waals surface area contributed by atoms with E-state index in [1.807, 2.05) is 0 Å². The monoisotopic (exact) mass is 488 g/mol. The third-order valence-electron chi connectivity index (χ3n) is 8.70. The van der Waals surface area contributed by atoms with Gasteiger partial charge in [-0.25, -0.2) is 0 Å². The van der Waals surface area contributed by atoms with Crippen LogP contribution in [0.5, 0.6) is 0 Å². The van der Waals surface area contributed by atoms with Crippen LogP contribution < -0.4 is 0 Å². The zero-order valence-electron chi connectivity index (χ0n) is 24.7. The van der Waals surface area contributed by atoms with Crippen LogP contribution in [0.2, 0.25) is 0 Å². The van der Waals surface area contributed by atoms with Gasteiger partial charge >= 0.3 is 0 Å². The maximum atomic E-state index is 2.48. The molecule has 0 atom stereocenters. The maximum Gasteiger partial charge on any atom is -0.00202 e. The summed E-state index contributed by atoms with van der Waals surface area (Å²) < 4.78 is 0.